The van der Waals surface area contributed by atoms with Crippen LogP contribution >= 0.6 is 0 Å². The van der Waals surface area contributed by atoms with E-state index in [9.17, 15) is 4.79 Å². The van der Waals surface area contributed by atoms with Gasteiger partial charge < -0.3 is 23.7 Å². The minimum atomic E-state index is -0.429. The molecular weight excluding hydrogens is 440 g/mol. The second-order valence-corrected chi connectivity index (χ2v) is 10.2. The quantitative estimate of drug-likeness (QED) is 0.518. The van der Waals surface area contributed by atoms with E-state index in [1.807, 2.05) is 12.1 Å². The van der Waals surface area contributed by atoms with Gasteiger partial charge in [0.2, 0.25) is 0 Å². The number of ether oxygens (including phenoxy) is 3. The molecule has 2 saturated heterocycles. The number of likely N-dealkylation sites (tertiary alicyclic amines) is 1. The van der Waals surface area contributed by atoms with Gasteiger partial charge >= 0.3 is 0 Å². The summed E-state index contributed by atoms with van der Waals surface area (Å²) in [7, 11) is 1.70. The molecular formula is C29H34N2O4. The maximum atomic E-state index is 13.1. The van der Waals surface area contributed by atoms with Crippen molar-refractivity contribution < 1.29 is 19.0 Å². The molecule has 2 fully saturated rings. The Balaban J connectivity index is 1.16. The van der Waals surface area contributed by atoms with Crippen LogP contribution in [0.2, 0.25) is 0 Å². The van der Waals surface area contributed by atoms with Gasteiger partial charge in [0.25, 0.3) is 0 Å². The Hall–Kier alpha value is -2.83. The standard InChI is InChI=1S/C29H34N2O4/c1-33-27-7-6-23-26(32)20-29(12-18-34-19-13-29)35-28(23)24(27)11-16-30-14-9-22(10-15-30)31-17-8-21-4-2-3-5-25(21)31/h2-8,17,22H,9-16,18-20H2,1H3. The van der Waals surface area contributed by atoms with Gasteiger partial charge in [-0.2, -0.15) is 0 Å². The Kier molecular flexibility index (Phi) is 6.02. The minimum Gasteiger partial charge on any atom is -0.496 e. The van der Waals surface area contributed by atoms with E-state index in [2.05, 4.69) is 46.0 Å². The lowest BCUT2D eigenvalue weighted by Gasteiger charge is -2.41. The topological polar surface area (TPSA) is 52.9 Å². The number of Topliss-reactive ketones (excluding diaryl/α,β-unsaturated/α-hetero) is 1. The van der Waals surface area contributed by atoms with E-state index in [1.54, 1.807) is 7.11 Å². The number of carbonyl (C=O) groups excluding carboxylic acids is 1. The van der Waals surface area contributed by atoms with Crippen LogP contribution < -0.4 is 9.47 Å². The summed E-state index contributed by atoms with van der Waals surface area (Å²) >= 11 is 0. The van der Waals surface area contributed by atoms with Crippen LogP contribution in [-0.2, 0) is 11.2 Å². The fraction of sp³-hybridized carbons (Fsp3) is 0.483. The highest BCUT2D eigenvalue weighted by Crippen LogP contribution is 2.44. The number of fused-ring (bicyclic) bond motifs is 2. The average molecular weight is 475 g/mol. The molecule has 184 valence electrons. The number of nitrogens with zero attached hydrogens (tertiary/aromatic N) is 2. The maximum absolute atomic E-state index is 13.1. The van der Waals surface area contributed by atoms with Gasteiger partial charge in [-0.15, -0.1) is 0 Å². The first kappa shape index (κ1) is 22.6. The fourth-order valence-corrected chi connectivity index (χ4v) is 6.15. The van der Waals surface area contributed by atoms with Gasteiger partial charge in [-0.05, 0) is 48.9 Å². The van der Waals surface area contributed by atoms with Gasteiger partial charge in [-0.3, -0.25) is 4.79 Å². The molecule has 3 aliphatic rings. The molecule has 0 unspecified atom stereocenters. The first-order valence-corrected chi connectivity index (χ1v) is 12.9. The molecule has 3 aliphatic heterocycles. The maximum Gasteiger partial charge on any atom is 0.170 e. The predicted molar refractivity (Wildman–Crippen MR) is 136 cm³/mol. The second kappa shape index (κ2) is 9.32. The number of para-hydroxylation sites is 1. The largest absolute Gasteiger partial charge is 0.496 e. The molecule has 4 heterocycles. The van der Waals surface area contributed by atoms with E-state index in [1.165, 1.54) is 10.9 Å². The molecule has 3 aromatic rings. The smallest absolute Gasteiger partial charge is 0.170 e. The molecule has 1 aromatic heterocycles. The highest BCUT2D eigenvalue weighted by molar-refractivity contribution is 6.01. The van der Waals surface area contributed by atoms with Crippen LogP contribution in [0.15, 0.2) is 48.7 Å². The van der Waals surface area contributed by atoms with E-state index < -0.39 is 5.60 Å². The van der Waals surface area contributed by atoms with Crippen molar-refractivity contribution in [2.75, 3.05) is 40.0 Å². The van der Waals surface area contributed by atoms with Crippen molar-refractivity contribution in [3.8, 4) is 11.5 Å². The number of aromatic nitrogens is 1. The average Bonchev–Trinajstić information content (AvgIpc) is 3.32. The summed E-state index contributed by atoms with van der Waals surface area (Å²) in [6, 6.07) is 15.2. The summed E-state index contributed by atoms with van der Waals surface area (Å²) in [5, 5.41) is 1.31. The monoisotopic (exact) mass is 474 g/mol. The first-order chi connectivity index (χ1) is 17.2. The lowest BCUT2D eigenvalue weighted by atomic mass is 9.83. The number of hydrogen-bond acceptors (Lipinski definition) is 5. The summed E-state index contributed by atoms with van der Waals surface area (Å²) in [6.07, 6.45) is 7.29. The third-order valence-corrected chi connectivity index (χ3v) is 8.20. The molecule has 0 radical (unpaired) electrons. The normalized spacial score (nSPS) is 20.7. The van der Waals surface area contributed by atoms with Crippen molar-refractivity contribution in [3.05, 3.63) is 59.8 Å². The fourth-order valence-electron chi connectivity index (χ4n) is 6.15. The summed E-state index contributed by atoms with van der Waals surface area (Å²) in [5.74, 6) is 1.74. The van der Waals surface area contributed by atoms with Crippen molar-refractivity contribution in [3.63, 3.8) is 0 Å². The van der Waals surface area contributed by atoms with E-state index in [0.717, 1.165) is 68.8 Å². The van der Waals surface area contributed by atoms with Gasteiger partial charge in [-0.1, -0.05) is 18.2 Å². The zero-order valence-corrected chi connectivity index (χ0v) is 20.5. The zero-order chi connectivity index (χ0) is 23.8. The van der Waals surface area contributed by atoms with Gasteiger partial charge in [0.15, 0.2) is 5.78 Å². The Morgan fingerprint density at radius 3 is 2.66 bits per heavy atom. The van der Waals surface area contributed by atoms with Crippen molar-refractivity contribution >= 4 is 16.7 Å². The Bertz CT molecular complexity index is 1220. The van der Waals surface area contributed by atoms with Crippen molar-refractivity contribution in [1.29, 1.82) is 0 Å². The number of carbonyl (C=O) groups is 1. The van der Waals surface area contributed by atoms with Crippen LogP contribution in [0.1, 0.15) is 54.1 Å². The highest BCUT2D eigenvalue weighted by atomic mass is 16.5. The van der Waals surface area contributed by atoms with E-state index in [0.29, 0.717) is 31.2 Å². The number of hydrogen-bond donors (Lipinski definition) is 0. The summed E-state index contributed by atoms with van der Waals surface area (Å²) in [5.41, 5.74) is 2.63. The second-order valence-electron chi connectivity index (χ2n) is 10.2. The van der Waals surface area contributed by atoms with E-state index >= 15 is 0 Å². The number of benzene rings is 2. The molecule has 1 spiro atoms. The molecule has 0 aliphatic carbocycles. The molecule has 35 heavy (non-hydrogen) atoms. The third-order valence-electron chi connectivity index (χ3n) is 8.20. The number of ketones is 1. The molecule has 6 rings (SSSR count). The van der Waals surface area contributed by atoms with Crippen LogP contribution in [0.5, 0.6) is 11.5 Å². The number of methoxy groups -OCH3 is 1. The SMILES string of the molecule is COc1ccc2c(c1CCN1CCC(n3ccc4ccccc43)CC1)OC1(CCOCC1)CC2=O. The first-order valence-electron chi connectivity index (χ1n) is 12.9. The molecule has 0 bridgehead atoms. The van der Waals surface area contributed by atoms with Crippen LogP contribution in [-0.4, -0.2) is 60.8 Å². The summed E-state index contributed by atoms with van der Waals surface area (Å²) in [4.78, 5) is 15.6. The van der Waals surface area contributed by atoms with Crippen molar-refractivity contribution in [2.24, 2.45) is 0 Å². The Morgan fingerprint density at radius 2 is 1.86 bits per heavy atom. The number of piperidine rings is 1. The van der Waals surface area contributed by atoms with Crippen LogP contribution in [0.4, 0.5) is 0 Å². The summed E-state index contributed by atoms with van der Waals surface area (Å²) in [6.45, 7) is 4.35. The van der Waals surface area contributed by atoms with Gasteiger partial charge in [-0.25, -0.2) is 0 Å². The van der Waals surface area contributed by atoms with Gasteiger partial charge in [0, 0.05) is 55.8 Å². The van der Waals surface area contributed by atoms with Gasteiger partial charge in [0.1, 0.15) is 17.1 Å². The molecule has 0 saturated carbocycles. The molecule has 2 aromatic carbocycles. The predicted octanol–water partition coefficient (Wildman–Crippen LogP) is 5.04. The van der Waals surface area contributed by atoms with Crippen molar-refractivity contribution in [1.82, 2.24) is 9.47 Å². The van der Waals surface area contributed by atoms with Crippen LogP contribution in [0.25, 0.3) is 10.9 Å². The van der Waals surface area contributed by atoms with E-state index in [-0.39, 0.29) is 5.78 Å². The molecule has 0 atom stereocenters. The lowest BCUT2D eigenvalue weighted by Crippen LogP contribution is -2.46. The minimum absolute atomic E-state index is 0.178. The van der Waals surface area contributed by atoms with Crippen LogP contribution in [0.3, 0.4) is 0 Å². The van der Waals surface area contributed by atoms with Gasteiger partial charge in [0.05, 0.1) is 32.3 Å². The molecule has 6 nitrogen and oxygen atoms in total. The van der Waals surface area contributed by atoms with E-state index in [4.69, 9.17) is 14.2 Å². The summed E-state index contributed by atoms with van der Waals surface area (Å²) < 4.78 is 20.4. The third kappa shape index (κ3) is 4.23. The zero-order valence-electron chi connectivity index (χ0n) is 20.5. The molecule has 0 amide bonds. The molecule has 6 heteroatoms. The highest BCUT2D eigenvalue weighted by Gasteiger charge is 2.43. The van der Waals surface area contributed by atoms with Crippen molar-refractivity contribution in [2.45, 2.75) is 50.2 Å². The Labute approximate surface area is 206 Å². The molecule has 0 N–H and O–H groups in total. The number of rotatable bonds is 5. The van der Waals surface area contributed by atoms with Crippen LogP contribution in [0, 0.1) is 0 Å². The Morgan fingerprint density at radius 1 is 1.06 bits per heavy atom. The lowest BCUT2D eigenvalue weighted by molar-refractivity contribution is -0.0510.